The molecule has 0 spiro atoms. The van der Waals surface area contributed by atoms with E-state index < -0.39 is 0 Å². The van der Waals surface area contributed by atoms with Gasteiger partial charge in [-0.25, -0.2) is 10.4 Å². The van der Waals surface area contributed by atoms with Crippen LogP contribution in [0.3, 0.4) is 0 Å². The Morgan fingerprint density at radius 1 is 1.22 bits per heavy atom. The summed E-state index contributed by atoms with van der Waals surface area (Å²) < 4.78 is 0. The highest BCUT2D eigenvalue weighted by Gasteiger charge is 2.21. The molecule has 0 bridgehead atoms. The van der Waals surface area contributed by atoms with Crippen molar-refractivity contribution in [2.24, 2.45) is 10.1 Å². The fraction of sp³-hybridized carbons (Fsp3) is 0.429. The Bertz CT molecular complexity index is 543. The molecule has 18 heavy (non-hydrogen) atoms. The van der Waals surface area contributed by atoms with Crippen molar-refractivity contribution in [2.45, 2.75) is 26.7 Å². The Hall–Kier alpha value is -1.84. The van der Waals surface area contributed by atoms with Crippen LogP contribution in [-0.2, 0) is 6.42 Å². The van der Waals surface area contributed by atoms with Gasteiger partial charge < -0.3 is 5.32 Å². The van der Waals surface area contributed by atoms with Gasteiger partial charge in [-0.3, -0.25) is 0 Å². The minimum atomic E-state index is 0.793. The minimum Gasteiger partial charge on any atom is -0.353 e. The van der Waals surface area contributed by atoms with Crippen molar-refractivity contribution in [3.63, 3.8) is 0 Å². The molecule has 0 fully saturated rings. The second kappa shape index (κ2) is 4.44. The van der Waals surface area contributed by atoms with E-state index in [9.17, 15) is 0 Å². The van der Waals surface area contributed by atoms with Gasteiger partial charge in [-0.2, -0.15) is 5.10 Å². The highest BCUT2D eigenvalue weighted by atomic mass is 15.4. The molecule has 4 heteroatoms. The highest BCUT2D eigenvalue weighted by Crippen LogP contribution is 2.28. The fourth-order valence-corrected chi connectivity index (χ4v) is 2.67. The summed E-state index contributed by atoms with van der Waals surface area (Å²) in [6.45, 7) is 6.07. The molecule has 0 saturated carbocycles. The number of rotatable bonds is 1. The Labute approximate surface area is 107 Å². The van der Waals surface area contributed by atoms with E-state index in [0.29, 0.717) is 0 Å². The molecule has 0 aromatic heterocycles. The zero-order valence-electron chi connectivity index (χ0n) is 10.9. The van der Waals surface area contributed by atoms with Crippen LogP contribution < -0.4 is 10.7 Å². The summed E-state index contributed by atoms with van der Waals surface area (Å²) >= 11 is 0. The Kier molecular flexibility index (Phi) is 2.78. The van der Waals surface area contributed by atoms with Crippen molar-refractivity contribution in [3.8, 4) is 0 Å². The maximum absolute atomic E-state index is 4.52. The summed E-state index contributed by atoms with van der Waals surface area (Å²) in [5, 5.41) is 7.68. The fourth-order valence-electron chi connectivity index (χ4n) is 2.67. The number of benzene rings is 1. The van der Waals surface area contributed by atoms with Crippen molar-refractivity contribution < 1.29 is 0 Å². The topological polar surface area (TPSA) is 48.8 Å². The highest BCUT2D eigenvalue weighted by molar-refractivity contribution is 6.06. The van der Waals surface area contributed by atoms with Gasteiger partial charge in [-0.15, -0.1) is 0 Å². The van der Waals surface area contributed by atoms with Crippen LogP contribution in [-0.4, -0.2) is 24.8 Å². The first-order valence-corrected chi connectivity index (χ1v) is 6.46. The number of nitrogens with zero attached hydrogens (tertiary/aromatic N) is 2. The molecule has 0 unspecified atom stereocenters. The van der Waals surface area contributed by atoms with Gasteiger partial charge in [0.15, 0.2) is 0 Å². The molecule has 1 aliphatic heterocycles. The third kappa shape index (κ3) is 1.88. The van der Waals surface area contributed by atoms with Crippen LogP contribution in [0.1, 0.15) is 28.7 Å². The molecule has 3 rings (SSSR count). The van der Waals surface area contributed by atoms with Gasteiger partial charge in [0, 0.05) is 12.1 Å². The quantitative estimate of drug-likeness (QED) is 0.733. The van der Waals surface area contributed by atoms with E-state index in [1.165, 1.54) is 22.3 Å². The lowest BCUT2D eigenvalue weighted by atomic mass is 9.99. The number of aliphatic imine (C=N–C) groups is 1. The lowest BCUT2D eigenvalue weighted by Crippen LogP contribution is -2.30. The van der Waals surface area contributed by atoms with Crippen molar-refractivity contribution in [1.29, 1.82) is 0 Å². The largest absolute Gasteiger partial charge is 0.353 e. The average Bonchev–Trinajstić information content (AvgIpc) is 3.00. The average molecular weight is 242 g/mol. The summed E-state index contributed by atoms with van der Waals surface area (Å²) in [6, 6.07) is 4.38. The van der Waals surface area contributed by atoms with Crippen molar-refractivity contribution >= 4 is 11.7 Å². The van der Waals surface area contributed by atoms with Gasteiger partial charge in [0.2, 0.25) is 5.96 Å². The molecule has 94 valence electrons. The monoisotopic (exact) mass is 242 g/mol. The zero-order chi connectivity index (χ0) is 12.5. The number of aryl methyl sites for hydroxylation is 2. The standard InChI is InChI=1S/C14H18N4/c1-9-3-4-10(2)13-11(9)5-6-12(13)17-18-14-15-7-8-16-14/h3-4H,5-8H2,1-2H3,(H2,15,16,18). The third-order valence-electron chi connectivity index (χ3n) is 3.63. The normalized spacial score (nSPS) is 19.7. The number of nitrogens with one attached hydrogen (secondary N) is 2. The van der Waals surface area contributed by atoms with E-state index in [0.717, 1.165) is 37.6 Å². The van der Waals surface area contributed by atoms with Gasteiger partial charge in [0.1, 0.15) is 0 Å². The SMILES string of the molecule is Cc1ccc(C)c2c1CCC2=NNC1=NCCN1. The van der Waals surface area contributed by atoms with E-state index >= 15 is 0 Å². The molecule has 0 saturated heterocycles. The van der Waals surface area contributed by atoms with Crippen LogP contribution in [0, 0.1) is 13.8 Å². The van der Waals surface area contributed by atoms with Gasteiger partial charge in [0.25, 0.3) is 0 Å². The van der Waals surface area contributed by atoms with Gasteiger partial charge >= 0.3 is 0 Å². The molecular weight excluding hydrogens is 224 g/mol. The molecule has 1 aliphatic carbocycles. The van der Waals surface area contributed by atoms with Crippen molar-refractivity contribution in [2.75, 3.05) is 13.1 Å². The molecule has 0 atom stereocenters. The summed E-state index contributed by atoms with van der Waals surface area (Å²) in [4.78, 5) is 4.28. The zero-order valence-corrected chi connectivity index (χ0v) is 10.9. The van der Waals surface area contributed by atoms with E-state index in [1.54, 1.807) is 0 Å². The Morgan fingerprint density at radius 2 is 2.06 bits per heavy atom. The maximum Gasteiger partial charge on any atom is 0.212 e. The molecule has 1 heterocycles. The number of fused-ring (bicyclic) bond motifs is 1. The predicted octanol–water partition coefficient (Wildman–Crippen LogP) is 1.50. The second-order valence-corrected chi connectivity index (χ2v) is 4.88. The van der Waals surface area contributed by atoms with E-state index in [2.05, 4.69) is 46.8 Å². The Morgan fingerprint density at radius 3 is 2.83 bits per heavy atom. The van der Waals surface area contributed by atoms with Gasteiger partial charge in [-0.05, 0) is 43.4 Å². The summed E-state index contributed by atoms with van der Waals surface area (Å²) in [6.07, 6.45) is 2.12. The second-order valence-electron chi connectivity index (χ2n) is 4.88. The third-order valence-corrected chi connectivity index (χ3v) is 3.63. The molecule has 4 nitrogen and oxygen atoms in total. The first kappa shape index (κ1) is 11.3. The van der Waals surface area contributed by atoms with Crippen molar-refractivity contribution in [1.82, 2.24) is 10.7 Å². The minimum absolute atomic E-state index is 0.793. The van der Waals surface area contributed by atoms with E-state index in [4.69, 9.17) is 0 Å². The smallest absolute Gasteiger partial charge is 0.212 e. The molecular formula is C14H18N4. The number of guanidine groups is 1. The predicted molar refractivity (Wildman–Crippen MR) is 74.2 cm³/mol. The van der Waals surface area contributed by atoms with Crippen LogP contribution >= 0.6 is 0 Å². The van der Waals surface area contributed by atoms with E-state index in [-0.39, 0.29) is 0 Å². The molecule has 1 aromatic rings. The molecule has 2 N–H and O–H groups in total. The maximum atomic E-state index is 4.52. The Balaban J connectivity index is 1.89. The van der Waals surface area contributed by atoms with Crippen LogP contribution in [0.25, 0.3) is 0 Å². The van der Waals surface area contributed by atoms with E-state index in [1.807, 2.05) is 0 Å². The van der Waals surface area contributed by atoms with Crippen LogP contribution in [0.5, 0.6) is 0 Å². The number of hydrogen-bond acceptors (Lipinski definition) is 4. The molecule has 2 aliphatic rings. The van der Waals surface area contributed by atoms with Crippen LogP contribution in [0.15, 0.2) is 22.2 Å². The van der Waals surface area contributed by atoms with Crippen LogP contribution in [0.2, 0.25) is 0 Å². The van der Waals surface area contributed by atoms with Crippen LogP contribution in [0.4, 0.5) is 0 Å². The van der Waals surface area contributed by atoms with Gasteiger partial charge in [-0.1, -0.05) is 12.1 Å². The summed E-state index contributed by atoms with van der Waals surface area (Å²) in [5.74, 6) is 0.793. The number of hydrazone groups is 1. The molecule has 0 radical (unpaired) electrons. The first-order valence-electron chi connectivity index (χ1n) is 6.46. The van der Waals surface area contributed by atoms with Gasteiger partial charge in [0.05, 0.1) is 12.3 Å². The van der Waals surface area contributed by atoms with Crippen molar-refractivity contribution in [3.05, 3.63) is 34.4 Å². The summed E-state index contributed by atoms with van der Waals surface area (Å²) in [5.41, 5.74) is 9.67. The summed E-state index contributed by atoms with van der Waals surface area (Å²) in [7, 11) is 0. The number of hydrogen-bond donors (Lipinski definition) is 2. The molecule has 1 aromatic carbocycles. The molecule has 0 amide bonds. The lowest BCUT2D eigenvalue weighted by Gasteiger charge is -2.08. The first-order chi connectivity index (χ1) is 8.75. The lowest BCUT2D eigenvalue weighted by molar-refractivity contribution is 0.913.